The summed E-state index contributed by atoms with van der Waals surface area (Å²) in [5, 5.41) is 3.68. The van der Waals surface area contributed by atoms with E-state index in [-0.39, 0.29) is 16.6 Å². The lowest BCUT2D eigenvalue weighted by molar-refractivity contribution is 0.102. The average Bonchev–Trinajstić information content (AvgIpc) is 3.11. The van der Waals surface area contributed by atoms with Gasteiger partial charge in [0, 0.05) is 29.7 Å². The van der Waals surface area contributed by atoms with Crippen molar-refractivity contribution in [2.75, 3.05) is 25.5 Å². The monoisotopic (exact) mass is 491 g/mol. The van der Waals surface area contributed by atoms with Crippen LogP contribution in [0.2, 0.25) is 0 Å². The number of para-hydroxylation sites is 1. The third-order valence-corrected chi connectivity index (χ3v) is 7.97. The van der Waals surface area contributed by atoms with Gasteiger partial charge in [-0.15, -0.1) is 0 Å². The fraction of sp³-hybridized carbons (Fsp3) is 0.286. The van der Waals surface area contributed by atoms with Gasteiger partial charge in [-0.2, -0.15) is 4.31 Å². The van der Waals surface area contributed by atoms with E-state index >= 15 is 0 Å². The number of ether oxygens (including phenoxy) is 1. The number of nitrogens with one attached hydrogen (secondary N) is 2. The molecule has 4 rings (SSSR count). The molecule has 1 aliphatic heterocycles. The second kappa shape index (κ2) is 8.41. The predicted molar refractivity (Wildman–Crippen MR) is 120 cm³/mol. The smallest absolute Gasteiger partial charge is 0.273 e. The van der Waals surface area contributed by atoms with Gasteiger partial charge in [-0.25, -0.2) is 8.42 Å². The van der Waals surface area contributed by atoms with Crippen molar-refractivity contribution in [3.8, 4) is 5.75 Å². The van der Waals surface area contributed by atoms with Crippen LogP contribution in [0.1, 0.15) is 29.8 Å². The Hall–Kier alpha value is -2.36. The summed E-state index contributed by atoms with van der Waals surface area (Å²) in [6.07, 6.45) is 2.71. The largest absolute Gasteiger partial charge is 0.495 e. The van der Waals surface area contributed by atoms with Gasteiger partial charge in [-0.3, -0.25) is 4.79 Å². The molecule has 1 aromatic heterocycles. The molecule has 1 fully saturated rings. The summed E-state index contributed by atoms with van der Waals surface area (Å²) in [4.78, 5) is 16.0. The van der Waals surface area contributed by atoms with Crippen molar-refractivity contribution >= 4 is 48.5 Å². The first-order valence-electron chi connectivity index (χ1n) is 9.67. The first kappa shape index (κ1) is 20.9. The minimum Gasteiger partial charge on any atom is -0.495 e. The van der Waals surface area contributed by atoms with E-state index in [0.29, 0.717) is 28.9 Å². The maximum Gasteiger partial charge on any atom is 0.273 e. The Balaban J connectivity index is 1.65. The minimum absolute atomic E-state index is 0.0559. The van der Waals surface area contributed by atoms with Gasteiger partial charge >= 0.3 is 0 Å². The number of hydrogen-bond donors (Lipinski definition) is 2. The van der Waals surface area contributed by atoms with Crippen LogP contribution < -0.4 is 10.1 Å². The number of amides is 1. The number of fused-ring (bicyclic) bond motifs is 1. The van der Waals surface area contributed by atoms with Crippen LogP contribution in [0.15, 0.2) is 51.8 Å². The number of carbonyl (C=O) groups excluding carboxylic acids is 1. The number of benzene rings is 2. The third-order valence-electron chi connectivity index (χ3n) is 5.22. The Kier molecular flexibility index (Phi) is 5.86. The maximum absolute atomic E-state index is 13.2. The number of sulfonamides is 1. The van der Waals surface area contributed by atoms with E-state index in [1.54, 1.807) is 12.1 Å². The summed E-state index contributed by atoms with van der Waals surface area (Å²) in [5.41, 5.74) is 1.58. The molecule has 9 heteroatoms. The van der Waals surface area contributed by atoms with Gasteiger partial charge < -0.3 is 15.0 Å². The number of hydrogen-bond acceptors (Lipinski definition) is 4. The van der Waals surface area contributed by atoms with Crippen molar-refractivity contribution in [2.24, 2.45) is 0 Å². The lowest BCUT2D eigenvalue weighted by atomic mass is 10.2. The Labute approximate surface area is 183 Å². The Morgan fingerprint density at radius 3 is 2.57 bits per heavy atom. The van der Waals surface area contributed by atoms with Crippen molar-refractivity contribution in [3.05, 3.63) is 52.6 Å². The highest BCUT2D eigenvalue weighted by Gasteiger charge is 2.29. The van der Waals surface area contributed by atoms with Crippen LogP contribution >= 0.6 is 15.9 Å². The highest BCUT2D eigenvalue weighted by Crippen LogP contribution is 2.32. The first-order valence-corrected chi connectivity index (χ1v) is 11.9. The van der Waals surface area contributed by atoms with Crippen LogP contribution in [0, 0.1) is 0 Å². The number of nitrogens with zero attached hydrogens (tertiary/aromatic N) is 1. The van der Waals surface area contributed by atoms with Crippen LogP contribution in [0.3, 0.4) is 0 Å². The van der Waals surface area contributed by atoms with Gasteiger partial charge in [-0.1, -0.05) is 24.6 Å². The molecule has 0 bridgehead atoms. The van der Waals surface area contributed by atoms with Gasteiger partial charge in [-0.05, 0) is 53.0 Å². The van der Waals surface area contributed by atoms with Crippen molar-refractivity contribution in [3.63, 3.8) is 0 Å². The fourth-order valence-corrected chi connectivity index (χ4v) is 5.98. The quantitative estimate of drug-likeness (QED) is 0.554. The zero-order valence-electron chi connectivity index (χ0n) is 16.4. The third kappa shape index (κ3) is 3.84. The summed E-state index contributed by atoms with van der Waals surface area (Å²) < 4.78 is 33.8. The molecule has 2 N–H and O–H groups in total. The Bertz CT molecular complexity index is 1200. The van der Waals surface area contributed by atoms with Crippen LogP contribution in [-0.2, 0) is 10.0 Å². The maximum atomic E-state index is 13.2. The SMILES string of the molecule is COc1ccc(NC(=O)c2[nH]c3ccccc3c2Br)cc1S(=O)(=O)N1CCCCC1. The lowest BCUT2D eigenvalue weighted by Gasteiger charge is -2.26. The molecule has 7 nitrogen and oxygen atoms in total. The minimum atomic E-state index is -3.72. The van der Waals surface area contributed by atoms with Crippen molar-refractivity contribution in [1.82, 2.24) is 9.29 Å². The number of piperidine rings is 1. The molecule has 0 saturated carbocycles. The molecule has 0 aliphatic carbocycles. The average molecular weight is 492 g/mol. The van der Waals surface area contributed by atoms with Crippen molar-refractivity contribution in [1.29, 1.82) is 0 Å². The van der Waals surface area contributed by atoms with E-state index in [0.717, 1.165) is 30.2 Å². The van der Waals surface area contributed by atoms with E-state index in [2.05, 4.69) is 26.2 Å². The molecule has 30 heavy (non-hydrogen) atoms. The number of H-pyrrole nitrogens is 1. The fourth-order valence-electron chi connectivity index (χ4n) is 3.66. The summed E-state index contributed by atoms with van der Waals surface area (Å²) in [5.74, 6) is -0.116. The molecule has 0 radical (unpaired) electrons. The number of aromatic amines is 1. The molecule has 0 atom stereocenters. The molecular formula is C21H22BrN3O4S. The molecule has 3 aromatic rings. The number of carbonyl (C=O) groups is 1. The molecule has 1 amide bonds. The highest BCUT2D eigenvalue weighted by molar-refractivity contribution is 9.10. The van der Waals surface area contributed by atoms with Crippen LogP contribution in [0.4, 0.5) is 5.69 Å². The molecule has 2 heterocycles. The zero-order chi connectivity index (χ0) is 21.3. The van der Waals surface area contributed by atoms with Crippen LogP contribution in [0.5, 0.6) is 5.75 Å². The summed E-state index contributed by atoms with van der Waals surface area (Å²) >= 11 is 3.47. The molecule has 0 spiro atoms. The van der Waals surface area contributed by atoms with E-state index in [1.807, 2.05) is 24.3 Å². The van der Waals surface area contributed by atoms with Gasteiger partial charge in [0.15, 0.2) is 0 Å². The Morgan fingerprint density at radius 1 is 1.13 bits per heavy atom. The Morgan fingerprint density at radius 2 is 1.87 bits per heavy atom. The van der Waals surface area contributed by atoms with Gasteiger partial charge in [0.2, 0.25) is 10.0 Å². The number of methoxy groups -OCH3 is 1. The second-order valence-electron chi connectivity index (χ2n) is 7.14. The van der Waals surface area contributed by atoms with E-state index < -0.39 is 10.0 Å². The van der Waals surface area contributed by atoms with Gasteiger partial charge in [0.1, 0.15) is 16.3 Å². The lowest BCUT2D eigenvalue weighted by Crippen LogP contribution is -2.35. The summed E-state index contributed by atoms with van der Waals surface area (Å²) in [6, 6.07) is 12.2. The van der Waals surface area contributed by atoms with Gasteiger partial charge in [0.05, 0.1) is 11.6 Å². The van der Waals surface area contributed by atoms with Crippen molar-refractivity contribution < 1.29 is 17.9 Å². The van der Waals surface area contributed by atoms with Gasteiger partial charge in [0.25, 0.3) is 5.91 Å². The second-order valence-corrected chi connectivity index (χ2v) is 9.84. The number of aromatic nitrogens is 1. The molecule has 1 saturated heterocycles. The predicted octanol–water partition coefficient (Wildman–Crippen LogP) is 4.37. The molecule has 2 aromatic carbocycles. The number of halogens is 1. The van der Waals surface area contributed by atoms with E-state index in [1.165, 1.54) is 17.5 Å². The topological polar surface area (TPSA) is 91.5 Å². The normalized spacial score (nSPS) is 15.3. The number of rotatable bonds is 5. The molecule has 158 valence electrons. The van der Waals surface area contributed by atoms with Crippen LogP contribution in [-0.4, -0.2) is 43.8 Å². The molecule has 0 unspecified atom stereocenters. The summed E-state index contributed by atoms with van der Waals surface area (Å²) in [6.45, 7) is 0.980. The molecular weight excluding hydrogens is 470 g/mol. The first-order chi connectivity index (χ1) is 14.4. The van der Waals surface area contributed by atoms with Crippen LogP contribution in [0.25, 0.3) is 10.9 Å². The zero-order valence-corrected chi connectivity index (χ0v) is 18.8. The van der Waals surface area contributed by atoms with E-state index in [9.17, 15) is 13.2 Å². The standard InChI is InChI=1S/C21H22BrN3O4S/c1-29-17-10-9-14(13-18(17)30(27,28)25-11-5-2-6-12-25)23-21(26)20-19(22)15-7-3-4-8-16(15)24-20/h3-4,7-10,13,24H,2,5-6,11-12H2,1H3,(H,23,26). The van der Waals surface area contributed by atoms with Crippen molar-refractivity contribution in [2.45, 2.75) is 24.2 Å². The van der Waals surface area contributed by atoms with E-state index in [4.69, 9.17) is 4.74 Å². The molecule has 1 aliphatic rings. The highest BCUT2D eigenvalue weighted by atomic mass is 79.9. The summed E-state index contributed by atoms with van der Waals surface area (Å²) in [7, 11) is -2.28. The number of anilines is 1.